The number of methoxy groups -OCH3 is 1. The van der Waals surface area contributed by atoms with Crippen molar-refractivity contribution in [3.8, 4) is 5.75 Å². The van der Waals surface area contributed by atoms with Crippen molar-refractivity contribution in [1.82, 2.24) is 4.98 Å². The molecule has 94 valence electrons. The Morgan fingerprint density at radius 1 is 1.39 bits per heavy atom. The summed E-state index contributed by atoms with van der Waals surface area (Å²) in [4.78, 5) is 15.3. The first kappa shape index (κ1) is 12.3. The van der Waals surface area contributed by atoms with Crippen molar-refractivity contribution in [3.05, 3.63) is 36.0 Å². The number of fused-ring (bicyclic) bond motifs is 1. The number of para-hydroxylation sites is 1. The maximum atomic E-state index is 11.1. The van der Waals surface area contributed by atoms with Gasteiger partial charge in [-0.2, -0.15) is 0 Å². The van der Waals surface area contributed by atoms with Gasteiger partial charge in [-0.15, -0.1) is 0 Å². The molecular weight excluding hydrogens is 232 g/mol. The fraction of sp³-hybridized carbons (Fsp3) is 0.231. The summed E-state index contributed by atoms with van der Waals surface area (Å²) in [6, 6.07) is 7.23. The number of ether oxygens (including phenoxy) is 2. The lowest BCUT2D eigenvalue weighted by Gasteiger charge is -2.08. The van der Waals surface area contributed by atoms with E-state index in [2.05, 4.69) is 4.98 Å². The van der Waals surface area contributed by atoms with Crippen LogP contribution in [0.1, 0.15) is 10.4 Å². The summed E-state index contributed by atoms with van der Waals surface area (Å²) in [5.41, 5.74) is 6.31. The number of hydrogen-bond acceptors (Lipinski definition) is 4. The van der Waals surface area contributed by atoms with Gasteiger partial charge in [0.25, 0.3) is 0 Å². The number of hydrogen-bond donors (Lipinski definition) is 1. The van der Waals surface area contributed by atoms with Crippen LogP contribution in [0.2, 0.25) is 0 Å². The SMILES string of the molecule is COCCOc1cccc2cc(C(N)=O)cnc12. The van der Waals surface area contributed by atoms with Crippen LogP contribution in [-0.2, 0) is 4.74 Å². The van der Waals surface area contributed by atoms with Crippen LogP contribution in [0.15, 0.2) is 30.5 Å². The van der Waals surface area contributed by atoms with Crippen LogP contribution in [0.4, 0.5) is 0 Å². The molecule has 2 aromatic rings. The molecule has 5 heteroatoms. The standard InChI is InChI=1S/C13H14N2O3/c1-17-5-6-18-11-4-2-3-9-7-10(13(14)16)8-15-12(9)11/h2-4,7-8H,5-6H2,1H3,(H2,14,16). The number of nitrogens with zero attached hydrogens (tertiary/aromatic N) is 1. The summed E-state index contributed by atoms with van der Waals surface area (Å²) in [5, 5.41) is 0.821. The van der Waals surface area contributed by atoms with E-state index in [1.165, 1.54) is 6.20 Å². The first-order chi connectivity index (χ1) is 8.72. The first-order valence-corrected chi connectivity index (χ1v) is 5.52. The zero-order chi connectivity index (χ0) is 13.0. The molecule has 0 atom stereocenters. The number of aromatic nitrogens is 1. The summed E-state index contributed by atoms with van der Waals surface area (Å²) in [6.45, 7) is 0.963. The van der Waals surface area contributed by atoms with Crippen molar-refractivity contribution in [2.45, 2.75) is 0 Å². The number of carbonyl (C=O) groups is 1. The third-order valence-corrected chi connectivity index (χ3v) is 2.50. The van der Waals surface area contributed by atoms with Gasteiger partial charge in [-0.1, -0.05) is 12.1 Å². The third kappa shape index (κ3) is 2.57. The van der Waals surface area contributed by atoms with E-state index < -0.39 is 5.91 Å². The Morgan fingerprint density at radius 2 is 2.22 bits per heavy atom. The zero-order valence-electron chi connectivity index (χ0n) is 10.1. The molecule has 18 heavy (non-hydrogen) atoms. The van der Waals surface area contributed by atoms with Gasteiger partial charge < -0.3 is 15.2 Å². The first-order valence-electron chi connectivity index (χ1n) is 5.52. The minimum Gasteiger partial charge on any atom is -0.489 e. The minimum absolute atomic E-state index is 0.386. The Kier molecular flexibility index (Phi) is 3.74. The van der Waals surface area contributed by atoms with Gasteiger partial charge in [-0.05, 0) is 12.1 Å². The molecule has 0 bridgehead atoms. The maximum absolute atomic E-state index is 11.1. The molecule has 5 nitrogen and oxygen atoms in total. The van der Waals surface area contributed by atoms with Gasteiger partial charge in [0.2, 0.25) is 5.91 Å². The smallest absolute Gasteiger partial charge is 0.250 e. The molecule has 2 rings (SSSR count). The van der Waals surface area contributed by atoms with E-state index in [0.717, 1.165) is 5.39 Å². The molecule has 0 aliphatic carbocycles. The molecule has 0 spiro atoms. The molecule has 0 saturated heterocycles. The molecule has 1 amide bonds. The van der Waals surface area contributed by atoms with E-state index in [4.69, 9.17) is 15.2 Å². The highest BCUT2D eigenvalue weighted by Gasteiger charge is 2.07. The van der Waals surface area contributed by atoms with Gasteiger partial charge in [-0.25, -0.2) is 0 Å². The van der Waals surface area contributed by atoms with E-state index >= 15 is 0 Å². The van der Waals surface area contributed by atoms with Crippen molar-refractivity contribution in [2.24, 2.45) is 5.73 Å². The molecule has 0 radical (unpaired) electrons. The van der Waals surface area contributed by atoms with Crippen molar-refractivity contribution < 1.29 is 14.3 Å². The van der Waals surface area contributed by atoms with Crippen molar-refractivity contribution >= 4 is 16.8 Å². The molecule has 0 unspecified atom stereocenters. The molecule has 0 aliphatic heterocycles. The highest BCUT2D eigenvalue weighted by molar-refractivity contribution is 5.97. The van der Waals surface area contributed by atoms with Crippen LogP contribution in [-0.4, -0.2) is 31.2 Å². The van der Waals surface area contributed by atoms with Crippen LogP contribution < -0.4 is 10.5 Å². The Morgan fingerprint density at radius 3 is 2.94 bits per heavy atom. The lowest BCUT2D eigenvalue weighted by Crippen LogP contribution is -2.11. The van der Waals surface area contributed by atoms with E-state index in [1.807, 2.05) is 18.2 Å². The predicted octanol–water partition coefficient (Wildman–Crippen LogP) is 1.36. The highest BCUT2D eigenvalue weighted by Crippen LogP contribution is 2.23. The fourth-order valence-electron chi connectivity index (χ4n) is 1.62. The number of amides is 1. The Hall–Kier alpha value is -2.14. The highest BCUT2D eigenvalue weighted by atomic mass is 16.5. The fourth-order valence-corrected chi connectivity index (χ4v) is 1.62. The molecule has 1 heterocycles. The Bertz CT molecular complexity index is 569. The molecule has 0 fully saturated rings. The van der Waals surface area contributed by atoms with Gasteiger partial charge >= 0.3 is 0 Å². The molecule has 1 aromatic heterocycles. The summed E-state index contributed by atoms with van der Waals surface area (Å²) in [7, 11) is 1.61. The molecule has 1 aromatic carbocycles. The van der Waals surface area contributed by atoms with Gasteiger partial charge in [0.1, 0.15) is 17.9 Å². The summed E-state index contributed by atoms with van der Waals surface area (Å²) >= 11 is 0. The number of carbonyl (C=O) groups excluding carboxylic acids is 1. The summed E-state index contributed by atoms with van der Waals surface area (Å²) < 4.78 is 10.5. The molecule has 0 aliphatic rings. The second-order valence-corrected chi connectivity index (χ2v) is 3.76. The summed E-state index contributed by atoms with van der Waals surface area (Å²) in [5.74, 6) is 0.177. The van der Waals surface area contributed by atoms with Crippen LogP contribution in [0, 0.1) is 0 Å². The van der Waals surface area contributed by atoms with Crippen LogP contribution in [0.5, 0.6) is 5.75 Å². The predicted molar refractivity (Wildman–Crippen MR) is 67.6 cm³/mol. The van der Waals surface area contributed by atoms with E-state index in [0.29, 0.717) is 30.0 Å². The number of rotatable bonds is 5. The maximum Gasteiger partial charge on any atom is 0.250 e. The van der Waals surface area contributed by atoms with E-state index in [-0.39, 0.29) is 0 Å². The van der Waals surface area contributed by atoms with Gasteiger partial charge in [0, 0.05) is 18.7 Å². The quantitative estimate of drug-likeness (QED) is 0.808. The van der Waals surface area contributed by atoms with Crippen molar-refractivity contribution in [3.63, 3.8) is 0 Å². The number of benzene rings is 1. The lowest BCUT2D eigenvalue weighted by molar-refractivity contribution is 0.1000. The van der Waals surface area contributed by atoms with Crippen molar-refractivity contribution in [2.75, 3.05) is 20.3 Å². The minimum atomic E-state index is -0.491. The lowest BCUT2D eigenvalue weighted by atomic mass is 10.1. The average Bonchev–Trinajstić information content (AvgIpc) is 2.38. The van der Waals surface area contributed by atoms with Crippen molar-refractivity contribution in [1.29, 1.82) is 0 Å². The molecular formula is C13H14N2O3. The third-order valence-electron chi connectivity index (χ3n) is 2.50. The van der Waals surface area contributed by atoms with Crippen LogP contribution in [0.3, 0.4) is 0 Å². The topological polar surface area (TPSA) is 74.4 Å². The van der Waals surface area contributed by atoms with Crippen LogP contribution in [0.25, 0.3) is 10.9 Å². The van der Waals surface area contributed by atoms with Gasteiger partial charge in [-0.3, -0.25) is 9.78 Å². The second-order valence-electron chi connectivity index (χ2n) is 3.76. The normalized spacial score (nSPS) is 10.5. The Balaban J connectivity index is 2.34. The largest absolute Gasteiger partial charge is 0.489 e. The van der Waals surface area contributed by atoms with Crippen LogP contribution >= 0.6 is 0 Å². The second kappa shape index (κ2) is 5.46. The van der Waals surface area contributed by atoms with Gasteiger partial charge in [0.15, 0.2) is 0 Å². The molecule has 2 N–H and O–H groups in total. The average molecular weight is 246 g/mol. The Labute approximate surface area is 105 Å². The zero-order valence-corrected chi connectivity index (χ0v) is 10.1. The monoisotopic (exact) mass is 246 g/mol. The number of nitrogens with two attached hydrogens (primary N) is 1. The number of pyridine rings is 1. The summed E-state index contributed by atoms with van der Waals surface area (Å²) in [6.07, 6.45) is 1.45. The molecule has 0 saturated carbocycles. The van der Waals surface area contributed by atoms with E-state index in [9.17, 15) is 4.79 Å². The van der Waals surface area contributed by atoms with E-state index in [1.54, 1.807) is 13.2 Å². The van der Waals surface area contributed by atoms with Gasteiger partial charge in [0.05, 0.1) is 12.2 Å². The number of primary amides is 1.